The second-order valence-electron chi connectivity index (χ2n) is 0. The Bertz CT molecular complexity index is 58.3. The van der Waals surface area contributed by atoms with E-state index in [9.17, 15) is 0 Å². The van der Waals surface area contributed by atoms with Crippen LogP contribution in [0.5, 0.6) is 0 Å². The molecule has 0 unspecified atom stereocenters. The van der Waals surface area contributed by atoms with Crippen molar-refractivity contribution in [2.24, 2.45) is 0 Å². The summed E-state index contributed by atoms with van der Waals surface area (Å²) < 4.78 is 0. The van der Waals surface area contributed by atoms with E-state index < -0.39 is 0 Å². The van der Waals surface area contributed by atoms with Gasteiger partial charge in [0.1, 0.15) is 0 Å². The van der Waals surface area contributed by atoms with Gasteiger partial charge in [0.05, 0.1) is 0 Å². The SMILES string of the molecule is C.C.C.C.C.C.C#C.C#C.N.N.N#N.N#N. The molecule has 0 aliphatic rings. The quantitative estimate of drug-likeness (QED) is 0.458. The van der Waals surface area contributed by atoms with Crippen LogP contribution in [0, 0.1) is 47.3 Å². The van der Waals surface area contributed by atoms with Crippen LogP contribution in [0.15, 0.2) is 0 Å². The largest absolute Gasteiger partial charge is 0.344 e. The molecule has 0 radical (unpaired) electrons. The van der Waals surface area contributed by atoms with Gasteiger partial charge in [-0.15, -0.1) is 25.7 Å². The molecule has 0 atom stereocenters. The van der Waals surface area contributed by atoms with Gasteiger partial charge in [0, 0.05) is 21.6 Å². The first kappa shape index (κ1) is 651. The molecule has 104 valence electrons. The van der Waals surface area contributed by atoms with Crippen molar-refractivity contribution in [1.29, 1.82) is 21.6 Å². The second kappa shape index (κ2) is 404. The van der Waals surface area contributed by atoms with Gasteiger partial charge >= 0.3 is 0 Å². The summed E-state index contributed by atoms with van der Waals surface area (Å²) in [6, 6.07) is 0. The Labute approximate surface area is 105 Å². The molecule has 0 saturated carbocycles. The fourth-order valence-electron chi connectivity index (χ4n) is 0. The molecule has 0 aromatic rings. The van der Waals surface area contributed by atoms with E-state index in [1.807, 2.05) is 0 Å². The van der Waals surface area contributed by atoms with E-state index in [0.717, 1.165) is 0 Å². The maximum Gasteiger partial charge on any atom is 0 e. The Morgan fingerprint density at radius 3 is 0.375 bits per heavy atom. The number of hydrogen-bond acceptors (Lipinski definition) is 6. The van der Waals surface area contributed by atoms with Crippen molar-refractivity contribution in [3.8, 4) is 25.7 Å². The second-order valence-corrected chi connectivity index (χ2v) is 0. The lowest BCUT2D eigenvalue weighted by atomic mass is 11.4. The van der Waals surface area contributed by atoms with E-state index in [2.05, 4.69) is 25.7 Å². The average Bonchev–Trinajstić information content (AvgIpc) is 2.03. The van der Waals surface area contributed by atoms with Crippen LogP contribution in [0.2, 0.25) is 0 Å². The first-order valence-electron chi connectivity index (χ1n) is 1.07. The van der Waals surface area contributed by atoms with Gasteiger partial charge in [-0.25, -0.2) is 0 Å². The fourth-order valence-corrected chi connectivity index (χ4v) is 0. The van der Waals surface area contributed by atoms with Gasteiger partial charge in [-0.1, -0.05) is 44.6 Å². The highest BCUT2D eigenvalue weighted by Crippen LogP contribution is 0.596. The number of terminal acetylenes is 2. The van der Waals surface area contributed by atoms with Crippen LogP contribution < -0.4 is 12.3 Å². The van der Waals surface area contributed by atoms with Crippen LogP contribution in [0.3, 0.4) is 0 Å². The van der Waals surface area contributed by atoms with Gasteiger partial charge in [0.2, 0.25) is 0 Å². The first-order valence-corrected chi connectivity index (χ1v) is 1.07. The molecule has 0 aromatic carbocycles. The fraction of sp³-hybridized carbons (Fsp3) is 0.600. The van der Waals surface area contributed by atoms with Gasteiger partial charge in [-0.3, -0.25) is 0 Å². The third-order valence-electron chi connectivity index (χ3n) is 0. The van der Waals surface area contributed by atoms with Gasteiger partial charge in [0.25, 0.3) is 0 Å². The van der Waals surface area contributed by atoms with Crippen LogP contribution in [0.1, 0.15) is 44.6 Å². The zero-order chi connectivity index (χ0) is 8.00. The summed E-state index contributed by atoms with van der Waals surface area (Å²) in [4.78, 5) is 0. The summed E-state index contributed by atoms with van der Waals surface area (Å²) in [6.45, 7) is 0. The smallest absolute Gasteiger partial charge is 0 e. The molecule has 6 N–H and O–H groups in total. The monoisotopic (exact) mass is 238 g/mol. The van der Waals surface area contributed by atoms with Crippen molar-refractivity contribution in [3.05, 3.63) is 0 Å². The molecule has 6 heteroatoms. The van der Waals surface area contributed by atoms with Crippen molar-refractivity contribution in [1.82, 2.24) is 12.3 Å². The van der Waals surface area contributed by atoms with Crippen molar-refractivity contribution in [2.75, 3.05) is 0 Å². The third kappa shape index (κ3) is 313. The van der Waals surface area contributed by atoms with Crippen molar-refractivity contribution in [3.63, 3.8) is 0 Å². The molecule has 0 spiro atoms. The van der Waals surface area contributed by atoms with Crippen LogP contribution >= 0.6 is 0 Å². The molecule has 16 heavy (non-hydrogen) atoms. The lowest BCUT2D eigenvalue weighted by molar-refractivity contribution is 1.15. The van der Waals surface area contributed by atoms with Gasteiger partial charge < -0.3 is 12.3 Å². The molecule has 0 aromatic heterocycles. The number of hydrogen-bond donors (Lipinski definition) is 2. The zero-order valence-corrected chi connectivity index (χ0v) is 5.51. The van der Waals surface area contributed by atoms with E-state index in [1.165, 1.54) is 0 Å². The third-order valence-corrected chi connectivity index (χ3v) is 0. The minimum atomic E-state index is 0. The summed E-state index contributed by atoms with van der Waals surface area (Å²) in [5.74, 6) is 0. The van der Waals surface area contributed by atoms with E-state index >= 15 is 0 Å². The molecule has 0 amide bonds. The summed E-state index contributed by atoms with van der Waals surface area (Å²) >= 11 is 0. The van der Waals surface area contributed by atoms with Gasteiger partial charge in [-0.2, -0.15) is 0 Å². The first-order chi connectivity index (χ1) is 4.00. The Morgan fingerprint density at radius 1 is 0.375 bits per heavy atom. The van der Waals surface area contributed by atoms with Crippen molar-refractivity contribution >= 4 is 0 Å². The molecule has 0 fully saturated rings. The average molecular weight is 238 g/mol. The number of rotatable bonds is 0. The molecule has 6 nitrogen and oxygen atoms in total. The van der Waals surface area contributed by atoms with Crippen LogP contribution in [-0.2, 0) is 0 Å². The predicted molar refractivity (Wildman–Crippen MR) is 77.1 cm³/mol. The Kier molecular flexibility index (Phi) is 16500. The molecular formula is C10H34N6. The maximum atomic E-state index is 6.00. The molecule has 0 saturated heterocycles. The summed E-state index contributed by atoms with van der Waals surface area (Å²) in [7, 11) is 0. The highest BCUT2D eigenvalue weighted by atomic mass is 14.6. The Hall–Kier alpha value is -2.12. The van der Waals surface area contributed by atoms with E-state index in [-0.39, 0.29) is 56.9 Å². The highest BCUT2D eigenvalue weighted by Gasteiger charge is 0.580. The number of nitrogens with zero attached hydrogens (tertiary/aromatic N) is 4. The molecular weight excluding hydrogens is 204 g/mol. The zero-order valence-electron chi connectivity index (χ0n) is 5.51. The normalized spacial score (nSPS) is 0.500. The predicted octanol–water partition coefficient (Wildman–Crippen LogP) is 4.70. The molecule has 0 rings (SSSR count). The van der Waals surface area contributed by atoms with Crippen LogP contribution in [-0.4, -0.2) is 0 Å². The van der Waals surface area contributed by atoms with Crippen molar-refractivity contribution in [2.45, 2.75) is 44.6 Å². The van der Waals surface area contributed by atoms with Crippen LogP contribution in [0.4, 0.5) is 0 Å². The summed E-state index contributed by atoms with van der Waals surface area (Å²) in [6.07, 6.45) is 16.0. The van der Waals surface area contributed by atoms with E-state index in [4.69, 9.17) is 21.6 Å². The van der Waals surface area contributed by atoms with Gasteiger partial charge in [0.15, 0.2) is 0 Å². The van der Waals surface area contributed by atoms with E-state index in [0.29, 0.717) is 0 Å². The van der Waals surface area contributed by atoms with Crippen molar-refractivity contribution < 1.29 is 0 Å². The van der Waals surface area contributed by atoms with E-state index in [1.54, 1.807) is 0 Å². The highest BCUT2D eigenvalue weighted by molar-refractivity contribution is 4.47. The summed E-state index contributed by atoms with van der Waals surface area (Å²) in [5, 5.41) is 24.0. The Morgan fingerprint density at radius 2 is 0.375 bits per heavy atom. The Balaban J connectivity index is -0.00000000114. The molecule has 0 bridgehead atoms. The molecule has 0 aliphatic heterocycles. The lowest BCUT2D eigenvalue weighted by Gasteiger charge is -0.701. The molecule has 0 heterocycles. The van der Waals surface area contributed by atoms with Crippen LogP contribution in [0.25, 0.3) is 0 Å². The minimum Gasteiger partial charge on any atom is -0.344 e. The van der Waals surface area contributed by atoms with Gasteiger partial charge in [-0.05, 0) is 0 Å². The standard InChI is InChI=1S/2C2H2.6CH4.2N2.2H3N/c2*1-2;;;;;;;2*1-2;;/h2*1-2H;6*1H4;;;2*1H3. The minimum absolute atomic E-state index is 0. The lowest BCUT2D eigenvalue weighted by Crippen LogP contribution is -0.576. The topological polar surface area (TPSA) is 165 Å². The summed E-state index contributed by atoms with van der Waals surface area (Å²) in [5.41, 5.74) is 0. The molecule has 0 aliphatic carbocycles. The maximum absolute atomic E-state index is 6.00.